The number of non-ortho nitro benzene ring substituents is 1. The summed E-state index contributed by atoms with van der Waals surface area (Å²) in [7, 11) is 0. The summed E-state index contributed by atoms with van der Waals surface area (Å²) >= 11 is 0. The molecule has 8 heteroatoms. The zero-order valence-electron chi connectivity index (χ0n) is 14.9. The summed E-state index contributed by atoms with van der Waals surface area (Å²) < 4.78 is 11.1. The number of fused-ring (bicyclic) bond motifs is 1. The molecule has 0 bridgehead atoms. The SMILES string of the molecule is O=[N+]([O-])c1ccc(OCCCOCNCN2CC=Nc3ccccc32)cc1. The van der Waals surface area contributed by atoms with Crippen LogP contribution in [0.3, 0.4) is 0 Å². The molecule has 0 atom stereocenters. The molecule has 0 unspecified atom stereocenters. The van der Waals surface area contributed by atoms with Crippen LogP contribution < -0.4 is 15.0 Å². The third-order valence-corrected chi connectivity index (χ3v) is 4.01. The molecule has 8 nitrogen and oxygen atoms in total. The van der Waals surface area contributed by atoms with E-state index in [9.17, 15) is 10.1 Å². The number of benzene rings is 2. The molecule has 27 heavy (non-hydrogen) atoms. The zero-order chi connectivity index (χ0) is 18.9. The monoisotopic (exact) mass is 370 g/mol. The van der Waals surface area contributed by atoms with Gasteiger partial charge in [0.1, 0.15) is 5.75 Å². The predicted molar refractivity (Wildman–Crippen MR) is 104 cm³/mol. The first-order valence-electron chi connectivity index (χ1n) is 8.76. The van der Waals surface area contributed by atoms with E-state index in [1.54, 1.807) is 12.1 Å². The number of nitrogens with zero attached hydrogens (tertiary/aromatic N) is 3. The van der Waals surface area contributed by atoms with Crippen molar-refractivity contribution in [1.82, 2.24) is 5.32 Å². The molecule has 0 saturated carbocycles. The van der Waals surface area contributed by atoms with Crippen molar-refractivity contribution in [3.8, 4) is 5.75 Å². The lowest BCUT2D eigenvalue weighted by molar-refractivity contribution is -0.384. The van der Waals surface area contributed by atoms with Gasteiger partial charge in [-0.25, -0.2) is 0 Å². The van der Waals surface area contributed by atoms with Crippen molar-refractivity contribution in [3.63, 3.8) is 0 Å². The lowest BCUT2D eigenvalue weighted by Crippen LogP contribution is -2.37. The van der Waals surface area contributed by atoms with Crippen LogP contribution in [0.4, 0.5) is 17.1 Å². The van der Waals surface area contributed by atoms with Gasteiger partial charge in [-0.2, -0.15) is 0 Å². The van der Waals surface area contributed by atoms with Crippen LogP contribution in [0.15, 0.2) is 53.5 Å². The molecule has 1 aliphatic heterocycles. The highest BCUT2D eigenvalue weighted by molar-refractivity contribution is 5.81. The Kier molecular flexibility index (Phi) is 6.72. The molecule has 1 aliphatic rings. The number of aliphatic imine (C=N–C) groups is 1. The Morgan fingerprint density at radius 1 is 1.15 bits per heavy atom. The molecule has 0 aromatic heterocycles. The molecular weight excluding hydrogens is 348 g/mol. The number of nitrogens with one attached hydrogen (secondary N) is 1. The lowest BCUT2D eigenvalue weighted by Gasteiger charge is -2.27. The van der Waals surface area contributed by atoms with Crippen LogP contribution in [0.2, 0.25) is 0 Å². The van der Waals surface area contributed by atoms with Gasteiger partial charge in [-0.15, -0.1) is 0 Å². The van der Waals surface area contributed by atoms with Crippen molar-refractivity contribution < 1.29 is 14.4 Å². The van der Waals surface area contributed by atoms with Gasteiger partial charge in [0.15, 0.2) is 0 Å². The average molecular weight is 370 g/mol. The molecule has 2 aromatic carbocycles. The van der Waals surface area contributed by atoms with Gasteiger partial charge >= 0.3 is 0 Å². The van der Waals surface area contributed by atoms with E-state index >= 15 is 0 Å². The predicted octanol–water partition coefficient (Wildman–Crippen LogP) is 3.11. The van der Waals surface area contributed by atoms with Crippen LogP contribution in [0, 0.1) is 10.1 Å². The van der Waals surface area contributed by atoms with E-state index < -0.39 is 4.92 Å². The van der Waals surface area contributed by atoms with Crippen LogP contribution in [0.25, 0.3) is 0 Å². The van der Waals surface area contributed by atoms with Crippen molar-refractivity contribution in [2.24, 2.45) is 4.99 Å². The summed E-state index contributed by atoms with van der Waals surface area (Å²) in [6.07, 6.45) is 2.64. The fourth-order valence-corrected chi connectivity index (χ4v) is 2.67. The van der Waals surface area contributed by atoms with Crippen LogP contribution in [-0.4, -0.2) is 44.3 Å². The Balaban J connectivity index is 1.26. The number of nitro benzene ring substituents is 1. The standard InChI is InChI=1S/C19H22N4O4/c24-23(25)16-6-8-17(9-7-16)27-13-3-12-26-15-20-14-22-11-10-21-18-4-1-2-5-19(18)22/h1-2,4-10,20H,3,11-15H2. The highest BCUT2D eigenvalue weighted by Gasteiger charge is 2.12. The maximum absolute atomic E-state index is 10.6. The molecule has 2 aromatic rings. The molecule has 0 saturated heterocycles. The number of ether oxygens (including phenoxy) is 2. The van der Waals surface area contributed by atoms with Crippen LogP contribution >= 0.6 is 0 Å². The van der Waals surface area contributed by atoms with Crippen LogP contribution in [0.1, 0.15) is 6.42 Å². The number of anilines is 1. The minimum absolute atomic E-state index is 0.0550. The molecular formula is C19H22N4O4. The maximum atomic E-state index is 10.6. The van der Waals surface area contributed by atoms with Gasteiger partial charge in [0, 0.05) is 24.8 Å². The molecule has 142 valence electrons. The van der Waals surface area contributed by atoms with Gasteiger partial charge in [-0.1, -0.05) is 12.1 Å². The minimum atomic E-state index is -0.431. The Morgan fingerprint density at radius 2 is 1.96 bits per heavy atom. The van der Waals surface area contributed by atoms with Gasteiger partial charge in [0.05, 0.1) is 49.5 Å². The highest BCUT2D eigenvalue weighted by Crippen LogP contribution is 2.29. The number of para-hydroxylation sites is 2. The summed E-state index contributed by atoms with van der Waals surface area (Å²) in [5.74, 6) is 0.615. The van der Waals surface area contributed by atoms with Crippen molar-refractivity contribution in [2.75, 3.05) is 38.1 Å². The van der Waals surface area contributed by atoms with Crippen molar-refractivity contribution in [2.45, 2.75) is 6.42 Å². The van der Waals surface area contributed by atoms with Crippen molar-refractivity contribution >= 4 is 23.3 Å². The summed E-state index contributed by atoms with van der Waals surface area (Å²) in [5, 5.41) is 13.9. The molecule has 0 fully saturated rings. The molecule has 0 radical (unpaired) electrons. The highest BCUT2D eigenvalue weighted by atomic mass is 16.6. The van der Waals surface area contributed by atoms with E-state index in [2.05, 4.69) is 21.3 Å². The minimum Gasteiger partial charge on any atom is -0.494 e. The van der Waals surface area contributed by atoms with Gasteiger partial charge < -0.3 is 14.4 Å². The van der Waals surface area contributed by atoms with Gasteiger partial charge in [0.2, 0.25) is 0 Å². The fourth-order valence-electron chi connectivity index (χ4n) is 2.67. The number of hydrogen-bond donors (Lipinski definition) is 1. The van der Waals surface area contributed by atoms with Gasteiger partial charge in [0.25, 0.3) is 5.69 Å². The Bertz CT molecular complexity index is 780. The van der Waals surface area contributed by atoms with Gasteiger partial charge in [-0.3, -0.25) is 20.4 Å². The van der Waals surface area contributed by atoms with E-state index in [4.69, 9.17) is 9.47 Å². The molecule has 3 rings (SSSR count). The van der Waals surface area contributed by atoms with E-state index in [0.29, 0.717) is 32.4 Å². The Labute approximate surface area is 157 Å². The fraction of sp³-hybridized carbons (Fsp3) is 0.316. The quantitative estimate of drug-likeness (QED) is 0.299. The normalized spacial score (nSPS) is 12.7. The van der Waals surface area contributed by atoms with Crippen molar-refractivity contribution in [3.05, 3.63) is 58.6 Å². The first kappa shape index (κ1) is 18.8. The second kappa shape index (κ2) is 9.65. The maximum Gasteiger partial charge on any atom is 0.269 e. The van der Waals surface area contributed by atoms with E-state index in [-0.39, 0.29) is 5.69 Å². The first-order chi connectivity index (χ1) is 13.2. The summed E-state index contributed by atoms with van der Waals surface area (Å²) in [6, 6.07) is 14.1. The second-order valence-electron chi connectivity index (χ2n) is 5.94. The van der Waals surface area contributed by atoms with Crippen molar-refractivity contribution in [1.29, 1.82) is 0 Å². The lowest BCUT2D eigenvalue weighted by atomic mass is 10.2. The third kappa shape index (κ3) is 5.50. The molecule has 0 spiro atoms. The number of nitro groups is 1. The smallest absolute Gasteiger partial charge is 0.269 e. The van der Waals surface area contributed by atoms with Crippen LogP contribution in [-0.2, 0) is 4.74 Å². The number of rotatable bonds is 10. The second-order valence-corrected chi connectivity index (χ2v) is 5.94. The molecule has 1 N–H and O–H groups in total. The summed E-state index contributed by atoms with van der Waals surface area (Å²) in [6.45, 7) is 2.97. The van der Waals surface area contributed by atoms with E-state index in [0.717, 1.165) is 24.3 Å². The van der Waals surface area contributed by atoms with E-state index in [1.807, 2.05) is 24.4 Å². The molecule has 0 aliphatic carbocycles. The zero-order valence-corrected chi connectivity index (χ0v) is 14.9. The third-order valence-electron chi connectivity index (χ3n) is 4.01. The summed E-state index contributed by atoms with van der Waals surface area (Å²) in [4.78, 5) is 16.7. The average Bonchev–Trinajstić information content (AvgIpc) is 2.70. The first-order valence-corrected chi connectivity index (χ1v) is 8.76. The largest absolute Gasteiger partial charge is 0.494 e. The van der Waals surface area contributed by atoms with Crippen LogP contribution in [0.5, 0.6) is 5.75 Å². The van der Waals surface area contributed by atoms with E-state index in [1.165, 1.54) is 12.1 Å². The Hall–Kier alpha value is -2.97. The number of hydrogen-bond acceptors (Lipinski definition) is 7. The topological polar surface area (TPSA) is 89.2 Å². The van der Waals surface area contributed by atoms with Gasteiger partial charge in [-0.05, 0) is 24.3 Å². The Morgan fingerprint density at radius 3 is 2.78 bits per heavy atom. The molecule has 0 amide bonds. The molecule has 1 heterocycles. The summed E-state index contributed by atoms with van der Waals surface area (Å²) in [5.41, 5.74) is 2.15.